The van der Waals surface area contributed by atoms with Gasteiger partial charge in [0.1, 0.15) is 11.5 Å². The van der Waals surface area contributed by atoms with Crippen LogP contribution in [0, 0.1) is 13.8 Å². The van der Waals surface area contributed by atoms with Crippen molar-refractivity contribution in [1.82, 2.24) is 9.80 Å². The number of halogens is 2. The van der Waals surface area contributed by atoms with E-state index in [1.165, 1.54) is 5.56 Å². The van der Waals surface area contributed by atoms with Gasteiger partial charge in [-0.3, -0.25) is 9.80 Å². The second kappa shape index (κ2) is 8.05. The second-order valence-corrected chi connectivity index (χ2v) is 7.92. The number of aromatic hydroxyl groups is 2. The first-order chi connectivity index (χ1) is 12.3. The molecule has 2 N–H and O–H groups in total. The third-order valence-electron chi connectivity index (χ3n) is 4.81. The molecular weight excluding hydrogens is 371 g/mol. The Labute approximate surface area is 164 Å². The fourth-order valence-electron chi connectivity index (χ4n) is 3.58. The summed E-state index contributed by atoms with van der Waals surface area (Å²) in [6.45, 7) is 8.10. The van der Waals surface area contributed by atoms with Crippen LogP contribution in [-0.2, 0) is 13.1 Å². The lowest BCUT2D eigenvalue weighted by Gasteiger charge is -2.36. The van der Waals surface area contributed by atoms with E-state index in [-0.39, 0.29) is 10.8 Å². The summed E-state index contributed by atoms with van der Waals surface area (Å²) in [5, 5.41) is 21.0. The number of benzene rings is 2. The highest BCUT2D eigenvalue weighted by molar-refractivity contribution is 6.35. The summed E-state index contributed by atoms with van der Waals surface area (Å²) >= 11 is 12.1. The van der Waals surface area contributed by atoms with E-state index >= 15 is 0 Å². The van der Waals surface area contributed by atoms with Crippen molar-refractivity contribution in [2.75, 3.05) is 19.8 Å². The predicted octanol–water partition coefficient (Wildman–Crippen LogP) is 4.69. The summed E-state index contributed by atoms with van der Waals surface area (Å²) in [6, 6.07) is 7.42. The Morgan fingerprint density at radius 1 is 0.885 bits per heavy atom. The minimum Gasteiger partial charge on any atom is -0.507 e. The zero-order chi connectivity index (χ0) is 18.8. The van der Waals surface area contributed by atoms with Crippen LogP contribution in [0.3, 0.4) is 0 Å². The summed E-state index contributed by atoms with van der Waals surface area (Å²) in [5.74, 6) is 0.486. The number of hydrogen-bond acceptors (Lipinski definition) is 4. The number of phenols is 2. The molecule has 0 aliphatic carbocycles. The topological polar surface area (TPSA) is 46.9 Å². The van der Waals surface area contributed by atoms with Crippen molar-refractivity contribution in [3.8, 4) is 11.5 Å². The van der Waals surface area contributed by atoms with Crippen LogP contribution >= 0.6 is 23.2 Å². The van der Waals surface area contributed by atoms with Gasteiger partial charge in [0.2, 0.25) is 0 Å². The molecule has 0 spiro atoms. The number of rotatable bonds is 4. The van der Waals surface area contributed by atoms with Crippen molar-refractivity contribution in [2.45, 2.75) is 33.4 Å². The van der Waals surface area contributed by atoms with Gasteiger partial charge in [-0.1, -0.05) is 35.3 Å². The van der Waals surface area contributed by atoms with E-state index in [9.17, 15) is 10.2 Å². The van der Waals surface area contributed by atoms with Crippen LogP contribution in [0.2, 0.25) is 10.0 Å². The predicted molar refractivity (Wildman–Crippen MR) is 106 cm³/mol. The van der Waals surface area contributed by atoms with E-state index in [4.69, 9.17) is 23.2 Å². The van der Waals surface area contributed by atoms with Crippen molar-refractivity contribution < 1.29 is 10.2 Å². The monoisotopic (exact) mass is 394 g/mol. The summed E-state index contributed by atoms with van der Waals surface area (Å²) in [7, 11) is 0. The molecule has 1 aliphatic heterocycles. The van der Waals surface area contributed by atoms with Gasteiger partial charge in [0.25, 0.3) is 0 Å². The smallest absolute Gasteiger partial charge is 0.138 e. The van der Waals surface area contributed by atoms with Crippen molar-refractivity contribution in [3.63, 3.8) is 0 Å². The molecule has 0 aromatic heterocycles. The Kier molecular flexibility index (Phi) is 5.98. The number of nitrogens with zero attached hydrogens (tertiary/aromatic N) is 2. The summed E-state index contributed by atoms with van der Waals surface area (Å²) in [4.78, 5) is 4.66. The fourth-order valence-corrected chi connectivity index (χ4v) is 4.11. The average molecular weight is 395 g/mol. The lowest BCUT2D eigenvalue weighted by Crippen LogP contribution is -2.43. The zero-order valence-corrected chi connectivity index (χ0v) is 16.6. The minimum absolute atomic E-state index is 0.109. The lowest BCUT2D eigenvalue weighted by atomic mass is 10.1. The van der Waals surface area contributed by atoms with Gasteiger partial charge in [0.05, 0.1) is 11.7 Å². The lowest BCUT2D eigenvalue weighted by molar-refractivity contribution is 0.0740. The van der Waals surface area contributed by atoms with Gasteiger partial charge in [0, 0.05) is 36.8 Å². The van der Waals surface area contributed by atoms with E-state index in [1.807, 2.05) is 26.0 Å². The van der Waals surface area contributed by atoms with E-state index in [0.717, 1.165) is 49.4 Å². The molecule has 1 saturated heterocycles. The Hall–Kier alpha value is -1.46. The van der Waals surface area contributed by atoms with Crippen molar-refractivity contribution >= 4 is 23.2 Å². The molecule has 3 rings (SSSR count). The van der Waals surface area contributed by atoms with E-state index in [2.05, 4.69) is 9.80 Å². The zero-order valence-electron chi connectivity index (χ0n) is 15.1. The van der Waals surface area contributed by atoms with Crippen LogP contribution in [0.5, 0.6) is 11.5 Å². The van der Waals surface area contributed by atoms with Gasteiger partial charge in [0.15, 0.2) is 0 Å². The summed E-state index contributed by atoms with van der Waals surface area (Å²) in [5.41, 5.74) is 3.77. The van der Waals surface area contributed by atoms with Gasteiger partial charge >= 0.3 is 0 Å². The first-order valence-electron chi connectivity index (χ1n) is 8.74. The standard InChI is InChI=1S/C20H24Cl2N2O2/c1-13-6-15(7-14(2)19(13)25)10-23-4-3-5-24(12-23)11-16-8-17(21)9-18(22)20(16)26/h6-9,25-26H,3-5,10-12H2,1-2H3. The molecule has 2 aromatic carbocycles. The SMILES string of the molecule is Cc1cc(CN2CCCN(Cc3cc(Cl)cc(Cl)c3O)C2)cc(C)c1O. The highest BCUT2D eigenvalue weighted by Gasteiger charge is 2.20. The maximum absolute atomic E-state index is 10.2. The van der Waals surface area contributed by atoms with Crippen molar-refractivity contribution in [3.05, 3.63) is 56.6 Å². The fraction of sp³-hybridized carbons (Fsp3) is 0.400. The van der Waals surface area contributed by atoms with Crippen LogP contribution in [0.15, 0.2) is 24.3 Å². The summed E-state index contributed by atoms with van der Waals surface area (Å²) in [6.07, 6.45) is 1.06. The molecule has 0 saturated carbocycles. The molecule has 1 aliphatic rings. The molecule has 0 amide bonds. The quantitative estimate of drug-likeness (QED) is 0.789. The molecule has 0 bridgehead atoms. The minimum atomic E-state index is 0.109. The van der Waals surface area contributed by atoms with Crippen LogP contribution < -0.4 is 0 Å². The van der Waals surface area contributed by atoms with E-state index in [0.29, 0.717) is 17.3 Å². The Bertz CT molecular complexity index is 788. The molecule has 4 nitrogen and oxygen atoms in total. The maximum atomic E-state index is 10.2. The highest BCUT2D eigenvalue weighted by atomic mass is 35.5. The van der Waals surface area contributed by atoms with Crippen molar-refractivity contribution in [1.29, 1.82) is 0 Å². The van der Waals surface area contributed by atoms with Gasteiger partial charge in [-0.15, -0.1) is 0 Å². The van der Waals surface area contributed by atoms with Gasteiger partial charge in [-0.05, 0) is 49.1 Å². The molecule has 0 radical (unpaired) electrons. The number of aryl methyl sites for hydroxylation is 2. The molecule has 26 heavy (non-hydrogen) atoms. The van der Waals surface area contributed by atoms with Crippen molar-refractivity contribution in [2.24, 2.45) is 0 Å². The van der Waals surface area contributed by atoms with Crippen LogP contribution in [0.1, 0.15) is 28.7 Å². The molecule has 1 fully saturated rings. The second-order valence-electron chi connectivity index (χ2n) is 7.07. The number of hydrogen-bond donors (Lipinski definition) is 2. The molecule has 140 valence electrons. The first-order valence-corrected chi connectivity index (χ1v) is 9.49. The summed E-state index contributed by atoms with van der Waals surface area (Å²) < 4.78 is 0. The first kappa shape index (κ1) is 19.3. The average Bonchev–Trinajstić information content (AvgIpc) is 2.57. The normalized spacial score (nSPS) is 16.2. The van der Waals surface area contributed by atoms with Gasteiger partial charge < -0.3 is 10.2 Å². The Balaban J connectivity index is 1.68. The van der Waals surface area contributed by atoms with Gasteiger partial charge in [-0.25, -0.2) is 0 Å². The van der Waals surface area contributed by atoms with E-state index in [1.54, 1.807) is 12.1 Å². The molecule has 6 heteroatoms. The molecule has 1 heterocycles. The third-order valence-corrected chi connectivity index (χ3v) is 5.31. The van der Waals surface area contributed by atoms with Crippen LogP contribution in [0.25, 0.3) is 0 Å². The Morgan fingerprint density at radius 2 is 1.50 bits per heavy atom. The van der Waals surface area contributed by atoms with E-state index < -0.39 is 0 Å². The maximum Gasteiger partial charge on any atom is 0.138 e. The highest BCUT2D eigenvalue weighted by Crippen LogP contribution is 2.32. The molecule has 2 aromatic rings. The number of phenolic OH excluding ortho intramolecular Hbond substituents is 2. The molecule has 0 atom stereocenters. The van der Waals surface area contributed by atoms with Crippen LogP contribution in [0.4, 0.5) is 0 Å². The van der Waals surface area contributed by atoms with Gasteiger partial charge in [-0.2, -0.15) is 0 Å². The third kappa shape index (κ3) is 4.44. The Morgan fingerprint density at radius 3 is 2.15 bits per heavy atom. The molecular formula is C20H24Cl2N2O2. The molecule has 0 unspecified atom stereocenters. The largest absolute Gasteiger partial charge is 0.507 e. The van der Waals surface area contributed by atoms with Crippen LogP contribution in [-0.4, -0.2) is 39.8 Å².